The van der Waals surface area contributed by atoms with Crippen LogP contribution in [0, 0.1) is 20.8 Å². The fourth-order valence-electron chi connectivity index (χ4n) is 3.75. The van der Waals surface area contributed by atoms with Gasteiger partial charge < -0.3 is 9.42 Å². The average Bonchev–Trinajstić information content (AvgIpc) is 3.46. The predicted molar refractivity (Wildman–Crippen MR) is 123 cm³/mol. The molecule has 1 amide bonds. The molecule has 7 heteroatoms. The molecule has 0 fully saturated rings. The Kier molecular flexibility index (Phi) is 6.07. The molecule has 0 aliphatic rings. The quantitative estimate of drug-likeness (QED) is 0.411. The van der Waals surface area contributed by atoms with E-state index in [1.54, 1.807) is 18.0 Å². The van der Waals surface area contributed by atoms with Gasteiger partial charge in [0.1, 0.15) is 5.76 Å². The number of benzene rings is 1. The van der Waals surface area contributed by atoms with Crippen molar-refractivity contribution in [1.82, 2.24) is 24.4 Å². The molecular weight excluding hydrogens is 402 g/mol. The van der Waals surface area contributed by atoms with Crippen molar-refractivity contribution in [3.63, 3.8) is 0 Å². The Labute approximate surface area is 187 Å². The van der Waals surface area contributed by atoms with Crippen molar-refractivity contribution in [2.75, 3.05) is 7.05 Å². The normalized spacial score (nSPS) is 11.4. The summed E-state index contributed by atoms with van der Waals surface area (Å²) in [5, 5.41) is 8.52. The molecule has 0 unspecified atom stereocenters. The summed E-state index contributed by atoms with van der Waals surface area (Å²) in [4.78, 5) is 14.4. The maximum Gasteiger partial charge on any atom is 0.246 e. The van der Waals surface area contributed by atoms with E-state index in [1.807, 2.05) is 78.8 Å². The third-order valence-electron chi connectivity index (χ3n) is 5.39. The summed E-state index contributed by atoms with van der Waals surface area (Å²) in [6.45, 7) is 7.08. The molecule has 32 heavy (non-hydrogen) atoms. The van der Waals surface area contributed by atoms with Crippen molar-refractivity contribution < 1.29 is 9.32 Å². The second-order valence-corrected chi connectivity index (χ2v) is 8.02. The molecule has 0 atom stereocenters. The van der Waals surface area contributed by atoms with E-state index in [1.165, 1.54) is 5.56 Å². The standard InChI is InChI=1S/C25H27N5O2/c1-18-12-23(20(3)30(18)24-13-19(2)32-27-24)10-11-25(31)28(4)15-22-14-26-29(17-22)16-21-8-6-5-7-9-21/h5-14,17H,15-16H2,1-4H3/b11-10+. The van der Waals surface area contributed by atoms with Gasteiger partial charge in [0.05, 0.1) is 12.7 Å². The molecule has 0 N–H and O–H groups in total. The number of hydrogen-bond acceptors (Lipinski definition) is 4. The van der Waals surface area contributed by atoms with Crippen molar-refractivity contribution in [3.8, 4) is 5.82 Å². The van der Waals surface area contributed by atoms with Crippen LogP contribution in [0.15, 0.2) is 65.5 Å². The molecule has 0 aliphatic heterocycles. The Hall–Kier alpha value is -3.87. The first-order valence-electron chi connectivity index (χ1n) is 10.5. The number of carbonyl (C=O) groups excluding carboxylic acids is 1. The molecule has 1 aromatic carbocycles. The Balaban J connectivity index is 1.40. The van der Waals surface area contributed by atoms with Crippen molar-refractivity contribution in [2.24, 2.45) is 0 Å². The first-order chi connectivity index (χ1) is 15.4. The van der Waals surface area contributed by atoms with Gasteiger partial charge in [0.2, 0.25) is 5.91 Å². The average molecular weight is 430 g/mol. The van der Waals surface area contributed by atoms with Crippen LogP contribution in [0.1, 0.15) is 33.8 Å². The Morgan fingerprint density at radius 3 is 2.62 bits per heavy atom. The number of rotatable bonds is 7. The van der Waals surface area contributed by atoms with Gasteiger partial charge in [-0.05, 0) is 44.0 Å². The molecule has 0 saturated heterocycles. The lowest BCUT2D eigenvalue weighted by atomic mass is 10.2. The van der Waals surface area contributed by atoms with Gasteiger partial charge in [-0.15, -0.1) is 0 Å². The maximum absolute atomic E-state index is 12.7. The molecule has 4 rings (SSSR count). The highest BCUT2D eigenvalue weighted by atomic mass is 16.5. The minimum Gasteiger partial charge on any atom is -0.360 e. The number of likely N-dealkylation sites (N-methyl/N-ethyl adjacent to an activating group) is 1. The van der Waals surface area contributed by atoms with Crippen LogP contribution in [0.5, 0.6) is 0 Å². The van der Waals surface area contributed by atoms with Gasteiger partial charge in [0, 0.05) is 48.9 Å². The summed E-state index contributed by atoms with van der Waals surface area (Å²) in [5.41, 5.74) is 5.19. The van der Waals surface area contributed by atoms with E-state index in [2.05, 4.69) is 22.4 Å². The predicted octanol–water partition coefficient (Wildman–Crippen LogP) is 4.31. The van der Waals surface area contributed by atoms with Gasteiger partial charge >= 0.3 is 0 Å². The first-order valence-corrected chi connectivity index (χ1v) is 10.5. The summed E-state index contributed by atoms with van der Waals surface area (Å²) in [6.07, 6.45) is 7.25. The smallest absolute Gasteiger partial charge is 0.246 e. The third kappa shape index (κ3) is 4.72. The lowest BCUT2D eigenvalue weighted by molar-refractivity contribution is -0.125. The topological polar surface area (TPSA) is 69.1 Å². The molecule has 0 spiro atoms. The zero-order chi connectivity index (χ0) is 22.7. The van der Waals surface area contributed by atoms with Crippen LogP contribution in [-0.2, 0) is 17.9 Å². The Morgan fingerprint density at radius 1 is 1.12 bits per heavy atom. The lowest BCUT2D eigenvalue weighted by Gasteiger charge is -2.13. The van der Waals surface area contributed by atoms with Crippen LogP contribution in [0.3, 0.4) is 0 Å². The second kappa shape index (κ2) is 9.09. The first kappa shape index (κ1) is 21.4. The van der Waals surface area contributed by atoms with Gasteiger partial charge in [-0.25, -0.2) is 0 Å². The number of nitrogens with zero attached hydrogens (tertiary/aromatic N) is 5. The fourth-order valence-corrected chi connectivity index (χ4v) is 3.75. The number of hydrogen-bond donors (Lipinski definition) is 0. The van der Waals surface area contributed by atoms with Gasteiger partial charge in [-0.2, -0.15) is 5.10 Å². The van der Waals surface area contributed by atoms with Crippen LogP contribution in [-0.4, -0.2) is 37.4 Å². The molecule has 3 aromatic heterocycles. The van der Waals surface area contributed by atoms with Crippen LogP contribution in [0.4, 0.5) is 0 Å². The molecule has 3 heterocycles. The van der Waals surface area contributed by atoms with Crippen LogP contribution in [0.2, 0.25) is 0 Å². The molecule has 0 saturated carbocycles. The summed E-state index contributed by atoms with van der Waals surface area (Å²) in [5.74, 6) is 1.43. The molecule has 0 bridgehead atoms. The molecule has 0 radical (unpaired) electrons. The summed E-state index contributed by atoms with van der Waals surface area (Å²) >= 11 is 0. The monoisotopic (exact) mass is 429 g/mol. The molecule has 7 nitrogen and oxygen atoms in total. The highest BCUT2D eigenvalue weighted by Gasteiger charge is 2.13. The molecule has 4 aromatic rings. The number of aryl methyl sites for hydroxylation is 2. The van der Waals surface area contributed by atoms with Crippen molar-refractivity contribution in [3.05, 3.63) is 94.8 Å². The molecule has 0 aliphatic carbocycles. The fraction of sp³-hybridized carbons (Fsp3) is 0.240. The number of aromatic nitrogens is 4. The lowest BCUT2D eigenvalue weighted by Crippen LogP contribution is -2.23. The number of carbonyl (C=O) groups is 1. The van der Waals surface area contributed by atoms with E-state index in [-0.39, 0.29) is 5.91 Å². The van der Waals surface area contributed by atoms with E-state index < -0.39 is 0 Å². The zero-order valence-corrected chi connectivity index (χ0v) is 18.8. The largest absolute Gasteiger partial charge is 0.360 e. The third-order valence-corrected chi connectivity index (χ3v) is 5.39. The Morgan fingerprint density at radius 2 is 1.91 bits per heavy atom. The minimum absolute atomic E-state index is 0.0668. The minimum atomic E-state index is -0.0668. The summed E-state index contributed by atoms with van der Waals surface area (Å²) in [7, 11) is 1.79. The van der Waals surface area contributed by atoms with E-state index in [0.717, 1.165) is 34.1 Å². The van der Waals surface area contributed by atoms with Crippen molar-refractivity contribution >= 4 is 12.0 Å². The van der Waals surface area contributed by atoms with Crippen molar-refractivity contribution in [2.45, 2.75) is 33.9 Å². The second-order valence-electron chi connectivity index (χ2n) is 8.02. The van der Waals surface area contributed by atoms with E-state index in [0.29, 0.717) is 13.1 Å². The van der Waals surface area contributed by atoms with E-state index in [9.17, 15) is 4.79 Å². The molecule has 164 valence electrons. The highest BCUT2D eigenvalue weighted by Crippen LogP contribution is 2.21. The zero-order valence-electron chi connectivity index (χ0n) is 18.8. The van der Waals surface area contributed by atoms with Gasteiger partial charge in [0.25, 0.3) is 0 Å². The summed E-state index contributed by atoms with van der Waals surface area (Å²) in [6, 6.07) is 14.1. The highest BCUT2D eigenvalue weighted by molar-refractivity contribution is 5.91. The molecular formula is C25H27N5O2. The van der Waals surface area contributed by atoms with E-state index in [4.69, 9.17) is 4.52 Å². The summed E-state index contributed by atoms with van der Waals surface area (Å²) < 4.78 is 9.11. The van der Waals surface area contributed by atoms with Gasteiger partial charge in [-0.3, -0.25) is 14.0 Å². The van der Waals surface area contributed by atoms with E-state index >= 15 is 0 Å². The number of amides is 1. The SMILES string of the molecule is Cc1cc(-n2c(C)cc(/C=C/C(=O)N(C)Cc3cnn(Cc4ccccc4)c3)c2C)no1. The van der Waals surface area contributed by atoms with Crippen molar-refractivity contribution in [1.29, 1.82) is 0 Å². The van der Waals surface area contributed by atoms with Crippen LogP contribution < -0.4 is 0 Å². The van der Waals surface area contributed by atoms with Gasteiger partial charge in [-0.1, -0.05) is 35.5 Å². The van der Waals surface area contributed by atoms with Crippen LogP contribution >= 0.6 is 0 Å². The maximum atomic E-state index is 12.7. The Bertz CT molecular complexity index is 1250. The van der Waals surface area contributed by atoms with Crippen LogP contribution in [0.25, 0.3) is 11.9 Å². The van der Waals surface area contributed by atoms with Gasteiger partial charge in [0.15, 0.2) is 5.82 Å².